The molecule has 314 valence electrons. The molecule has 0 aliphatic heterocycles. The van der Waals surface area contributed by atoms with E-state index in [1.54, 1.807) is 0 Å². The van der Waals surface area contributed by atoms with Crippen molar-refractivity contribution in [1.82, 2.24) is 14.5 Å². The lowest BCUT2D eigenvalue weighted by Crippen LogP contribution is -2.00. The summed E-state index contributed by atoms with van der Waals surface area (Å²) in [4.78, 5) is 11.0. The summed E-state index contributed by atoms with van der Waals surface area (Å²) >= 11 is 0. The van der Waals surface area contributed by atoms with Gasteiger partial charge in [-0.2, -0.15) is 0 Å². The van der Waals surface area contributed by atoms with Crippen LogP contribution in [0, 0.1) is 0 Å². The largest absolute Gasteiger partial charge is 0.292 e. The van der Waals surface area contributed by atoms with Gasteiger partial charge in [0, 0.05) is 38.7 Å². The number of hydrogen-bond donors (Lipinski definition) is 0. The predicted molar refractivity (Wildman–Crippen MR) is 280 cm³/mol. The second-order valence-electron chi connectivity index (χ2n) is 16.9. The third-order valence-electron chi connectivity index (χ3n) is 12.9. The van der Waals surface area contributed by atoms with Crippen LogP contribution in [0.2, 0.25) is 0 Å². The number of aromatic nitrogens is 3. The first-order chi connectivity index (χ1) is 33.2. The lowest BCUT2D eigenvalue weighted by atomic mass is 9.90. The summed E-state index contributed by atoms with van der Waals surface area (Å²) in [6, 6.07) is 92.9. The highest BCUT2D eigenvalue weighted by molar-refractivity contribution is 6.16. The average molecular weight is 854 g/mol. The molecule has 3 nitrogen and oxygen atoms in total. The molecule has 67 heavy (non-hydrogen) atoms. The third-order valence-corrected chi connectivity index (χ3v) is 12.9. The van der Waals surface area contributed by atoms with Gasteiger partial charge in [0.2, 0.25) is 0 Å². The SMILES string of the molecule is c1ccc(-c2ccc(-c3cc4c(-c5ccc(-c6ccccc6)cc5)cc(-c5ccc(-n6c(-c7ccccc7)nc(-c7ccccc7)c6-c6ccccc6)cc5)nc4c4ccccc34)cc2)cc1. The molecule has 0 N–H and O–H groups in total. The normalized spacial score (nSPS) is 11.3. The second kappa shape index (κ2) is 17.2. The van der Waals surface area contributed by atoms with Gasteiger partial charge in [0.05, 0.1) is 22.6 Å². The molecule has 2 heterocycles. The van der Waals surface area contributed by atoms with Gasteiger partial charge in [-0.3, -0.25) is 4.57 Å². The van der Waals surface area contributed by atoms with Crippen LogP contribution in [0.15, 0.2) is 261 Å². The standard InChI is InChI=1S/C64H43N3/c1-6-18-44(19-7-1)46-30-34-48(35-31-46)57-42-59-58(49-36-32-47(33-37-49)45-20-8-2-9-21-45)43-60(65-62(59)56-29-17-16-28-55(56)57)50-38-40-54(41-39-50)67-63(52-24-12-4-13-25-52)61(51-22-10-3-11-23-51)66-64(67)53-26-14-5-15-27-53/h1-43H. The Labute approximate surface area is 390 Å². The Bertz CT molecular complexity index is 3660. The summed E-state index contributed by atoms with van der Waals surface area (Å²) in [5, 5.41) is 3.40. The minimum absolute atomic E-state index is 0.883. The van der Waals surface area contributed by atoms with Crippen LogP contribution in [0.3, 0.4) is 0 Å². The molecule has 0 radical (unpaired) electrons. The number of pyridine rings is 1. The van der Waals surface area contributed by atoms with Crippen LogP contribution in [-0.2, 0) is 0 Å². The first-order valence-corrected chi connectivity index (χ1v) is 22.8. The second-order valence-corrected chi connectivity index (χ2v) is 16.9. The number of imidazole rings is 1. The van der Waals surface area contributed by atoms with E-state index in [2.05, 4.69) is 265 Å². The summed E-state index contributed by atoms with van der Waals surface area (Å²) in [7, 11) is 0. The molecule has 10 aromatic carbocycles. The zero-order valence-corrected chi connectivity index (χ0v) is 36.7. The summed E-state index contributed by atoms with van der Waals surface area (Å²) in [6.07, 6.45) is 0. The van der Waals surface area contributed by atoms with Crippen LogP contribution >= 0.6 is 0 Å². The van der Waals surface area contributed by atoms with Crippen LogP contribution in [0.1, 0.15) is 0 Å². The minimum atomic E-state index is 0.883. The summed E-state index contributed by atoms with van der Waals surface area (Å²) in [5.74, 6) is 0.883. The van der Waals surface area contributed by atoms with Crippen LogP contribution in [-0.4, -0.2) is 14.5 Å². The van der Waals surface area contributed by atoms with E-state index < -0.39 is 0 Å². The molecule has 0 bridgehead atoms. The van der Waals surface area contributed by atoms with E-state index in [9.17, 15) is 0 Å². The molecule has 2 aromatic heterocycles. The van der Waals surface area contributed by atoms with E-state index in [0.29, 0.717) is 0 Å². The van der Waals surface area contributed by atoms with Gasteiger partial charge in [-0.05, 0) is 74.2 Å². The van der Waals surface area contributed by atoms with E-state index in [4.69, 9.17) is 9.97 Å². The third kappa shape index (κ3) is 7.49. The van der Waals surface area contributed by atoms with Crippen molar-refractivity contribution < 1.29 is 0 Å². The Balaban J connectivity index is 1.04. The average Bonchev–Trinajstić information content (AvgIpc) is 3.83. The summed E-state index contributed by atoms with van der Waals surface area (Å²) < 4.78 is 2.31. The maximum atomic E-state index is 5.57. The number of nitrogens with zero attached hydrogens (tertiary/aromatic N) is 3. The van der Waals surface area contributed by atoms with Gasteiger partial charge >= 0.3 is 0 Å². The Morgan fingerprint density at radius 3 is 1.21 bits per heavy atom. The van der Waals surface area contributed by atoms with E-state index >= 15 is 0 Å². The Morgan fingerprint density at radius 1 is 0.269 bits per heavy atom. The number of rotatable bonds is 9. The van der Waals surface area contributed by atoms with E-state index in [0.717, 1.165) is 78.3 Å². The molecule has 0 fully saturated rings. The predicted octanol–water partition coefficient (Wildman–Crippen LogP) is 16.9. The first-order valence-electron chi connectivity index (χ1n) is 22.8. The quantitative estimate of drug-likeness (QED) is 0.135. The monoisotopic (exact) mass is 853 g/mol. The Morgan fingerprint density at radius 2 is 0.672 bits per heavy atom. The molecule has 0 saturated heterocycles. The van der Waals surface area contributed by atoms with Gasteiger partial charge in [0.15, 0.2) is 0 Å². The molecule has 0 aliphatic rings. The van der Waals surface area contributed by atoms with E-state index in [-0.39, 0.29) is 0 Å². The van der Waals surface area contributed by atoms with Gasteiger partial charge in [-0.25, -0.2) is 9.97 Å². The highest BCUT2D eigenvalue weighted by Gasteiger charge is 2.23. The van der Waals surface area contributed by atoms with Crippen molar-refractivity contribution in [1.29, 1.82) is 0 Å². The summed E-state index contributed by atoms with van der Waals surface area (Å²) in [5.41, 5.74) is 18.5. The molecule has 0 atom stereocenters. The first kappa shape index (κ1) is 39.7. The van der Waals surface area contributed by atoms with Crippen molar-refractivity contribution in [3.63, 3.8) is 0 Å². The lowest BCUT2D eigenvalue weighted by Gasteiger charge is -2.17. The molecule has 0 spiro atoms. The highest BCUT2D eigenvalue weighted by Crippen LogP contribution is 2.43. The fourth-order valence-electron chi connectivity index (χ4n) is 9.52. The lowest BCUT2D eigenvalue weighted by molar-refractivity contribution is 1.07. The van der Waals surface area contributed by atoms with Crippen molar-refractivity contribution in [2.75, 3.05) is 0 Å². The Hall–Kier alpha value is -8.92. The minimum Gasteiger partial charge on any atom is -0.292 e. The van der Waals surface area contributed by atoms with Gasteiger partial charge in [-0.1, -0.05) is 237 Å². The van der Waals surface area contributed by atoms with E-state index in [1.807, 2.05) is 0 Å². The van der Waals surface area contributed by atoms with Gasteiger partial charge in [0.1, 0.15) is 5.82 Å². The zero-order chi connectivity index (χ0) is 44.5. The van der Waals surface area contributed by atoms with Crippen LogP contribution in [0.4, 0.5) is 0 Å². The van der Waals surface area contributed by atoms with Crippen molar-refractivity contribution in [3.05, 3.63) is 261 Å². The number of benzene rings is 10. The maximum Gasteiger partial charge on any atom is 0.145 e. The molecule has 0 unspecified atom stereocenters. The van der Waals surface area contributed by atoms with Crippen LogP contribution < -0.4 is 0 Å². The molecular weight excluding hydrogens is 811 g/mol. The van der Waals surface area contributed by atoms with Crippen molar-refractivity contribution >= 4 is 21.7 Å². The molecule has 0 saturated carbocycles. The van der Waals surface area contributed by atoms with Crippen LogP contribution in [0.25, 0.3) is 117 Å². The molecule has 3 heteroatoms. The van der Waals surface area contributed by atoms with Crippen molar-refractivity contribution in [3.8, 4) is 95.4 Å². The van der Waals surface area contributed by atoms with Gasteiger partial charge in [0.25, 0.3) is 0 Å². The van der Waals surface area contributed by atoms with Crippen LogP contribution in [0.5, 0.6) is 0 Å². The molecule has 12 aromatic rings. The highest BCUT2D eigenvalue weighted by atomic mass is 15.1. The molecule has 0 aliphatic carbocycles. The van der Waals surface area contributed by atoms with E-state index in [1.165, 1.54) is 38.8 Å². The molecule has 0 amide bonds. The summed E-state index contributed by atoms with van der Waals surface area (Å²) in [6.45, 7) is 0. The van der Waals surface area contributed by atoms with Gasteiger partial charge < -0.3 is 0 Å². The maximum absolute atomic E-state index is 5.57. The fraction of sp³-hybridized carbons (Fsp3) is 0. The number of fused-ring (bicyclic) bond motifs is 3. The smallest absolute Gasteiger partial charge is 0.145 e. The van der Waals surface area contributed by atoms with Gasteiger partial charge in [-0.15, -0.1) is 0 Å². The fourth-order valence-corrected chi connectivity index (χ4v) is 9.52. The number of hydrogen-bond acceptors (Lipinski definition) is 2. The zero-order valence-electron chi connectivity index (χ0n) is 36.7. The van der Waals surface area contributed by atoms with Crippen molar-refractivity contribution in [2.45, 2.75) is 0 Å². The van der Waals surface area contributed by atoms with Crippen molar-refractivity contribution in [2.24, 2.45) is 0 Å². The Kier molecular flexibility index (Phi) is 10.2. The molecular formula is C64H43N3. The molecule has 12 rings (SSSR count). The topological polar surface area (TPSA) is 30.7 Å².